The van der Waals surface area contributed by atoms with Crippen LogP contribution in [0.4, 0.5) is 10.2 Å². The summed E-state index contributed by atoms with van der Waals surface area (Å²) in [5.41, 5.74) is 0.738. The molecule has 1 aromatic heterocycles. The number of halogens is 2. The third kappa shape index (κ3) is 4.98. The van der Waals surface area contributed by atoms with Crippen molar-refractivity contribution in [3.8, 4) is 5.75 Å². The van der Waals surface area contributed by atoms with Crippen LogP contribution >= 0.6 is 11.6 Å². The molecule has 2 heterocycles. The summed E-state index contributed by atoms with van der Waals surface area (Å²) in [5.74, 6) is -2.01. The normalized spacial score (nSPS) is 18.4. The number of nitrogens with zero attached hydrogens (tertiary/aromatic N) is 1. The highest BCUT2D eigenvalue weighted by atomic mass is 35.5. The van der Waals surface area contributed by atoms with Gasteiger partial charge in [0.15, 0.2) is 0 Å². The van der Waals surface area contributed by atoms with Crippen LogP contribution in [0.1, 0.15) is 30.4 Å². The maximum Gasteiger partial charge on any atom is 0.330 e. The molecule has 0 unspecified atom stereocenters. The predicted molar refractivity (Wildman–Crippen MR) is 114 cm³/mol. The van der Waals surface area contributed by atoms with Crippen molar-refractivity contribution in [2.24, 2.45) is 0 Å². The summed E-state index contributed by atoms with van der Waals surface area (Å²) in [6.45, 7) is 4.12. The molecule has 2 aromatic rings. The minimum absolute atomic E-state index is 0.0374. The van der Waals surface area contributed by atoms with Gasteiger partial charge < -0.3 is 14.8 Å². The number of fused-ring (bicyclic) bond motifs is 1. The van der Waals surface area contributed by atoms with Crippen molar-refractivity contribution < 1.29 is 27.1 Å². The Morgan fingerprint density at radius 3 is 2.74 bits per heavy atom. The van der Waals surface area contributed by atoms with Crippen LogP contribution in [0, 0.1) is 12.7 Å². The topological polar surface area (TPSA) is 107 Å². The average molecular weight is 472 g/mol. The summed E-state index contributed by atoms with van der Waals surface area (Å²) in [5, 5.41) is 3.02. The van der Waals surface area contributed by atoms with Gasteiger partial charge in [-0.05, 0) is 37.1 Å². The van der Waals surface area contributed by atoms with Crippen LogP contribution in [0.15, 0.2) is 29.2 Å². The fourth-order valence-electron chi connectivity index (χ4n) is 3.35. The summed E-state index contributed by atoms with van der Waals surface area (Å²) in [6.07, 6.45) is 0.610. The van der Waals surface area contributed by atoms with E-state index < -0.39 is 33.8 Å². The molecule has 0 radical (unpaired) electrons. The molecular formula is C20H23ClFN3O5S. The summed E-state index contributed by atoms with van der Waals surface area (Å²) in [4.78, 5) is 16.4. The van der Waals surface area contributed by atoms with Gasteiger partial charge in [-0.15, -0.1) is 0 Å². The predicted octanol–water partition coefficient (Wildman–Crippen LogP) is 3.00. The van der Waals surface area contributed by atoms with Crippen LogP contribution < -0.4 is 14.8 Å². The van der Waals surface area contributed by atoms with Crippen LogP contribution in [-0.4, -0.2) is 45.7 Å². The van der Waals surface area contributed by atoms with Crippen LogP contribution in [-0.2, 0) is 19.6 Å². The van der Waals surface area contributed by atoms with E-state index in [1.807, 2.05) is 0 Å². The molecule has 2 atom stereocenters. The Balaban J connectivity index is 1.90. The molecule has 0 saturated heterocycles. The van der Waals surface area contributed by atoms with E-state index in [0.29, 0.717) is 25.1 Å². The van der Waals surface area contributed by atoms with E-state index in [0.717, 1.165) is 0 Å². The number of aryl methyl sites for hydroxylation is 1. The molecule has 11 heteroatoms. The first kappa shape index (κ1) is 23.4. The highest BCUT2D eigenvalue weighted by Gasteiger charge is 2.40. The smallest absolute Gasteiger partial charge is 0.330 e. The molecule has 168 valence electrons. The molecule has 0 fully saturated rings. The number of aromatic nitrogens is 1. The lowest BCUT2D eigenvalue weighted by Gasteiger charge is -2.31. The van der Waals surface area contributed by atoms with Crippen LogP contribution in [0.3, 0.4) is 0 Å². The highest BCUT2D eigenvalue weighted by molar-refractivity contribution is 7.89. The van der Waals surface area contributed by atoms with E-state index in [4.69, 9.17) is 21.1 Å². The van der Waals surface area contributed by atoms with E-state index in [1.54, 1.807) is 21.0 Å². The fourth-order valence-corrected chi connectivity index (χ4v) is 4.88. The molecule has 1 aliphatic heterocycles. The van der Waals surface area contributed by atoms with Gasteiger partial charge in [0.25, 0.3) is 0 Å². The van der Waals surface area contributed by atoms with Crippen molar-refractivity contribution in [2.45, 2.75) is 37.1 Å². The number of anilines is 1. The van der Waals surface area contributed by atoms with Crippen molar-refractivity contribution >= 4 is 33.4 Å². The van der Waals surface area contributed by atoms with Crippen LogP contribution in [0.5, 0.6) is 5.75 Å². The standard InChI is InChI=1S/C20H23ClFN3O5S/c1-11-5-6-13(22)16-12(2)17(20(26)30-18(11)16)25-31(27,28)14-7-8-15(21)24-19(14)23-9-4-10-29-3/h5-8,12,17,25H,4,9-10H2,1-3H3,(H,23,24)/t12-,17+/m1/s1. The summed E-state index contributed by atoms with van der Waals surface area (Å²) < 4.78 is 53.3. The van der Waals surface area contributed by atoms with E-state index in [-0.39, 0.29) is 27.2 Å². The molecule has 0 bridgehead atoms. The number of carbonyl (C=O) groups excluding carboxylic acids is 1. The number of benzene rings is 1. The number of methoxy groups -OCH3 is 1. The largest absolute Gasteiger partial charge is 0.425 e. The number of esters is 1. The number of nitrogens with one attached hydrogen (secondary N) is 2. The van der Waals surface area contributed by atoms with E-state index >= 15 is 0 Å². The summed E-state index contributed by atoms with van der Waals surface area (Å²) in [6, 6.07) is 4.07. The van der Waals surface area contributed by atoms with Crippen LogP contribution in [0.25, 0.3) is 0 Å². The van der Waals surface area contributed by atoms with Crippen molar-refractivity contribution in [3.63, 3.8) is 0 Å². The minimum Gasteiger partial charge on any atom is -0.425 e. The lowest BCUT2D eigenvalue weighted by atomic mass is 9.89. The Kier molecular flexibility index (Phi) is 7.15. The number of pyridine rings is 1. The van der Waals surface area contributed by atoms with E-state index in [1.165, 1.54) is 24.3 Å². The molecular weight excluding hydrogens is 449 g/mol. The van der Waals surface area contributed by atoms with Crippen molar-refractivity contribution in [1.29, 1.82) is 0 Å². The molecule has 0 aliphatic carbocycles. The molecule has 0 amide bonds. The third-order valence-electron chi connectivity index (χ3n) is 4.97. The van der Waals surface area contributed by atoms with E-state index in [9.17, 15) is 17.6 Å². The highest BCUT2D eigenvalue weighted by Crippen LogP contribution is 2.39. The Morgan fingerprint density at radius 1 is 1.29 bits per heavy atom. The second-order valence-electron chi connectivity index (χ2n) is 7.17. The van der Waals surface area contributed by atoms with Gasteiger partial charge >= 0.3 is 5.97 Å². The zero-order valence-corrected chi connectivity index (χ0v) is 18.8. The molecule has 0 spiro atoms. The molecule has 0 saturated carbocycles. The van der Waals surface area contributed by atoms with Gasteiger partial charge in [-0.25, -0.2) is 22.6 Å². The molecule has 31 heavy (non-hydrogen) atoms. The minimum atomic E-state index is -4.23. The monoisotopic (exact) mass is 471 g/mol. The van der Waals surface area contributed by atoms with Gasteiger partial charge in [-0.3, -0.25) is 0 Å². The number of sulfonamides is 1. The first-order chi connectivity index (χ1) is 14.7. The maximum atomic E-state index is 14.5. The Bertz CT molecular complexity index is 1100. The molecule has 1 aliphatic rings. The van der Waals surface area contributed by atoms with Crippen molar-refractivity contribution in [2.75, 3.05) is 25.6 Å². The Morgan fingerprint density at radius 2 is 2.03 bits per heavy atom. The molecule has 2 N–H and O–H groups in total. The van der Waals surface area contributed by atoms with Crippen molar-refractivity contribution in [3.05, 3.63) is 46.4 Å². The van der Waals surface area contributed by atoms with Gasteiger partial charge in [0.2, 0.25) is 10.0 Å². The number of rotatable bonds is 8. The Labute approximate surface area is 185 Å². The number of hydrogen-bond donors (Lipinski definition) is 2. The quantitative estimate of drug-likeness (QED) is 0.264. The summed E-state index contributed by atoms with van der Waals surface area (Å²) >= 11 is 5.93. The fraction of sp³-hybridized carbons (Fsp3) is 0.400. The number of ether oxygens (including phenoxy) is 2. The third-order valence-corrected chi connectivity index (χ3v) is 6.65. The Hall–Kier alpha value is -2.27. The van der Waals surface area contributed by atoms with Gasteiger partial charge in [0, 0.05) is 31.7 Å². The summed E-state index contributed by atoms with van der Waals surface area (Å²) in [7, 11) is -2.67. The second kappa shape index (κ2) is 9.47. The molecule has 1 aromatic carbocycles. The first-order valence-electron chi connectivity index (χ1n) is 9.58. The molecule has 3 rings (SSSR count). The SMILES string of the molecule is COCCCNc1nc(Cl)ccc1S(=O)(=O)N[C@@H]1C(=O)Oc2c(C)ccc(F)c2[C@H]1C. The van der Waals surface area contributed by atoms with Gasteiger partial charge in [0.1, 0.15) is 33.5 Å². The lowest BCUT2D eigenvalue weighted by molar-refractivity contribution is -0.138. The average Bonchev–Trinajstić information content (AvgIpc) is 2.71. The van der Waals surface area contributed by atoms with E-state index in [2.05, 4.69) is 15.0 Å². The maximum absolute atomic E-state index is 14.5. The number of carbonyl (C=O) groups is 1. The van der Waals surface area contributed by atoms with Crippen molar-refractivity contribution in [1.82, 2.24) is 9.71 Å². The lowest BCUT2D eigenvalue weighted by Crippen LogP contribution is -2.48. The van der Waals surface area contributed by atoms with Gasteiger partial charge in [-0.2, -0.15) is 4.72 Å². The first-order valence-corrected chi connectivity index (χ1v) is 11.4. The molecule has 8 nitrogen and oxygen atoms in total. The number of hydrogen-bond acceptors (Lipinski definition) is 7. The zero-order chi connectivity index (χ0) is 22.8. The van der Waals surface area contributed by atoms with Gasteiger partial charge in [-0.1, -0.05) is 24.6 Å². The van der Waals surface area contributed by atoms with Gasteiger partial charge in [0.05, 0.1) is 0 Å². The van der Waals surface area contributed by atoms with Crippen LogP contribution in [0.2, 0.25) is 5.15 Å². The second-order valence-corrected chi connectivity index (χ2v) is 9.24. The zero-order valence-electron chi connectivity index (χ0n) is 17.2.